The lowest BCUT2D eigenvalue weighted by Gasteiger charge is -2.16. The van der Waals surface area contributed by atoms with Crippen molar-refractivity contribution in [1.82, 2.24) is 0 Å². The second-order valence-corrected chi connectivity index (χ2v) is 8.14. The number of aromatic nitrogens is 1. The smallest absolute Gasteiger partial charge is 0.201 e. The van der Waals surface area contributed by atoms with E-state index in [1.807, 2.05) is 0 Å². The van der Waals surface area contributed by atoms with E-state index in [2.05, 4.69) is 88.8 Å². The van der Waals surface area contributed by atoms with Crippen LogP contribution >= 0.6 is 0 Å². The summed E-state index contributed by atoms with van der Waals surface area (Å²) in [5.74, 6) is 0.546. The van der Waals surface area contributed by atoms with Crippen molar-refractivity contribution in [2.45, 2.75) is 47.0 Å². The molecule has 0 radical (unpaired) electrons. The second-order valence-electron chi connectivity index (χ2n) is 8.14. The fraction of sp³-hybridized carbons (Fsp3) is 0.320. The standard InChI is InChI=1S/C25H28N/c1-15(2)22-14-26(6)23(12-16(22)3)25-18(5)11-17(4)24-20-10-8-7-9-19(20)13-21(24)25/h7-12,14-15H,13H2,1-6H3/q+1. The molecule has 0 spiro atoms. The number of aryl methyl sites for hydroxylation is 4. The SMILES string of the molecule is Cc1cc(-c2c(C)cc(C)c3c2Cc2ccccc2-3)[n+](C)cc1C(C)C. The molecule has 1 heterocycles. The van der Waals surface area contributed by atoms with E-state index in [9.17, 15) is 0 Å². The van der Waals surface area contributed by atoms with E-state index in [-0.39, 0.29) is 0 Å². The highest BCUT2D eigenvalue weighted by molar-refractivity contribution is 5.87. The first-order chi connectivity index (χ1) is 12.4. The van der Waals surface area contributed by atoms with Gasteiger partial charge in [-0.15, -0.1) is 0 Å². The number of hydrogen-bond acceptors (Lipinski definition) is 0. The van der Waals surface area contributed by atoms with Gasteiger partial charge in [-0.2, -0.15) is 0 Å². The molecule has 0 fully saturated rings. The minimum Gasteiger partial charge on any atom is -0.201 e. The third-order valence-electron chi connectivity index (χ3n) is 5.88. The number of benzene rings is 2. The summed E-state index contributed by atoms with van der Waals surface area (Å²) in [5.41, 5.74) is 14.2. The lowest BCUT2D eigenvalue weighted by atomic mass is 9.89. The molecule has 26 heavy (non-hydrogen) atoms. The molecule has 4 rings (SSSR count). The number of hydrogen-bond donors (Lipinski definition) is 0. The van der Waals surface area contributed by atoms with Crippen LogP contribution in [0.1, 0.15) is 53.1 Å². The summed E-state index contributed by atoms with van der Waals surface area (Å²) in [7, 11) is 2.19. The maximum atomic E-state index is 2.39. The van der Waals surface area contributed by atoms with E-state index in [0.717, 1.165) is 6.42 Å². The van der Waals surface area contributed by atoms with E-state index in [1.165, 1.54) is 55.8 Å². The highest BCUT2D eigenvalue weighted by Gasteiger charge is 2.28. The molecular formula is C25H28N+. The summed E-state index contributed by atoms with van der Waals surface area (Å²) in [6, 6.07) is 13.6. The Morgan fingerprint density at radius 3 is 2.31 bits per heavy atom. The van der Waals surface area contributed by atoms with Crippen LogP contribution in [0, 0.1) is 20.8 Å². The van der Waals surface area contributed by atoms with Crippen LogP contribution in [0.4, 0.5) is 0 Å². The van der Waals surface area contributed by atoms with Crippen molar-refractivity contribution in [3.63, 3.8) is 0 Å². The Morgan fingerprint density at radius 1 is 0.885 bits per heavy atom. The van der Waals surface area contributed by atoms with Crippen LogP contribution in [-0.2, 0) is 13.5 Å². The summed E-state index contributed by atoms with van der Waals surface area (Å²) in [6.07, 6.45) is 3.36. The number of rotatable bonds is 2. The molecular weight excluding hydrogens is 314 g/mol. The van der Waals surface area contributed by atoms with Crippen molar-refractivity contribution in [1.29, 1.82) is 0 Å². The van der Waals surface area contributed by atoms with Gasteiger partial charge in [-0.3, -0.25) is 0 Å². The molecule has 0 N–H and O–H groups in total. The number of pyridine rings is 1. The Hall–Kier alpha value is -2.41. The van der Waals surface area contributed by atoms with Crippen LogP contribution in [0.5, 0.6) is 0 Å². The molecule has 2 aromatic carbocycles. The van der Waals surface area contributed by atoms with Gasteiger partial charge < -0.3 is 0 Å². The minimum atomic E-state index is 0.546. The van der Waals surface area contributed by atoms with Gasteiger partial charge in [0.1, 0.15) is 7.05 Å². The van der Waals surface area contributed by atoms with E-state index in [4.69, 9.17) is 0 Å². The van der Waals surface area contributed by atoms with E-state index in [1.54, 1.807) is 0 Å². The van der Waals surface area contributed by atoms with E-state index in [0.29, 0.717) is 5.92 Å². The zero-order valence-corrected chi connectivity index (χ0v) is 16.8. The molecule has 0 bridgehead atoms. The molecule has 1 aliphatic carbocycles. The molecule has 1 aliphatic rings. The summed E-state index contributed by atoms with van der Waals surface area (Å²) in [6.45, 7) is 11.3. The predicted octanol–water partition coefficient (Wildman–Crippen LogP) is 5.80. The average molecular weight is 343 g/mol. The van der Waals surface area contributed by atoms with Crippen LogP contribution in [0.15, 0.2) is 42.6 Å². The predicted molar refractivity (Wildman–Crippen MR) is 110 cm³/mol. The molecule has 1 nitrogen and oxygen atoms in total. The Labute approximate surface area is 157 Å². The third kappa shape index (κ3) is 2.49. The van der Waals surface area contributed by atoms with Crippen molar-refractivity contribution in [3.05, 3.63) is 76.0 Å². The molecule has 0 unspecified atom stereocenters. The zero-order chi connectivity index (χ0) is 18.6. The Kier molecular flexibility index (Phi) is 3.99. The van der Waals surface area contributed by atoms with Crippen molar-refractivity contribution in [2.24, 2.45) is 7.05 Å². The summed E-state index contributed by atoms with van der Waals surface area (Å²) in [5, 5.41) is 0. The summed E-state index contributed by atoms with van der Waals surface area (Å²) >= 11 is 0. The molecule has 0 saturated heterocycles. The van der Waals surface area contributed by atoms with Gasteiger partial charge in [-0.25, -0.2) is 4.57 Å². The van der Waals surface area contributed by atoms with Crippen molar-refractivity contribution >= 4 is 0 Å². The van der Waals surface area contributed by atoms with Crippen LogP contribution in [-0.4, -0.2) is 0 Å². The van der Waals surface area contributed by atoms with Crippen LogP contribution in [0.2, 0.25) is 0 Å². The topological polar surface area (TPSA) is 3.88 Å². The highest BCUT2D eigenvalue weighted by Crippen LogP contribution is 2.44. The number of fused-ring (bicyclic) bond motifs is 3. The zero-order valence-electron chi connectivity index (χ0n) is 16.8. The molecule has 3 aromatic rings. The third-order valence-corrected chi connectivity index (χ3v) is 5.88. The Balaban J connectivity index is 2.00. The summed E-state index contributed by atoms with van der Waals surface area (Å²) < 4.78 is 2.32. The van der Waals surface area contributed by atoms with Gasteiger partial charge in [-0.1, -0.05) is 44.2 Å². The Bertz CT molecular complexity index is 1020. The molecule has 0 atom stereocenters. The molecule has 132 valence electrons. The van der Waals surface area contributed by atoms with Crippen LogP contribution in [0.3, 0.4) is 0 Å². The van der Waals surface area contributed by atoms with Gasteiger partial charge in [0.15, 0.2) is 6.20 Å². The first-order valence-corrected chi connectivity index (χ1v) is 9.60. The molecule has 0 amide bonds. The largest absolute Gasteiger partial charge is 0.213 e. The maximum absolute atomic E-state index is 2.39. The Morgan fingerprint density at radius 2 is 1.58 bits per heavy atom. The number of nitrogens with zero attached hydrogens (tertiary/aromatic N) is 1. The normalized spacial score (nSPS) is 12.4. The van der Waals surface area contributed by atoms with Crippen molar-refractivity contribution < 1.29 is 4.57 Å². The highest BCUT2D eigenvalue weighted by atomic mass is 14.9. The molecule has 0 aliphatic heterocycles. The average Bonchev–Trinajstić information content (AvgIpc) is 2.96. The van der Waals surface area contributed by atoms with E-state index >= 15 is 0 Å². The van der Waals surface area contributed by atoms with Gasteiger partial charge >= 0.3 is 0 Å². The fourth-order valence-electron chi connectivity index (χ4n) is 4.71. The van der Waals surface area contributed by atoms with Crippen molar-refractivity contribution in [2.75, 3.05) is 0 Å². The van der Waals surface area contributed by atoms with Crippen LogP contribution < -0.4 is 4.57 Å². The molecule has 1 aromatic heterocycles. The monoisotopic (exact) mass is 342 g/mol. The maximum Gasteiger partial charge on any atom is 0.213 e. The van der Waals surface area contributed by atoms with Gasteiger partial charge in [0.2, 0.25) is 5.69 Å². The second kappa shape index (κ2) is 6.09. The van der Waals surface area contributed by atoms with Gasteiger partial charge in [0.25, 0.3) is 0 Å². The van der Waals surface area contributed by atoms with Gasteiger partial charge in [0, 0.05) is 11.6 Å². The summed E-state index contributed by atoms with van der Waals surface area (Å²) in [4.78, 5) is 0. The fourth-order valence-corrected chi connectivity index (χ4v) is 4.71. The molecule has 0 saturated carbocycles. The molecule has 1 heteroatoms. The lowest BCUT2D eigenvalue weighted by Crippen LogP contribution is -2.32. The quantitative estimate of drug-likeness (QED) is 0.405. The van der Waals surface area contributed by atoms with E-state index < -0.39 is 0 Å². The van der Waals surface area contributed by atoms with Crippen LogP contribution in [0.25, 0.3) is 22.4 Å². The lowest BCUT2D eigenvalue weighted by molar-refractivity contribution is -0.661. The first-order valence-electron chi connectivity index (χ1n) is 9.60. The van der Waals surface area contributed by atoms with Crippen molar-refractivity contribution in [3.8, 4) is 22.4 Å². The first kappa shape index (κ1) is 17.0. The minimum absolute atomic E-state index is 0.546. The van der Waals surface area contributed by atoms with Gasteiger partial charge in [-0.05, 0) is 72.1 Å². The van der Waals surface area contributed by atoms with Gasteiger partial charge in [0.05, 0.1) is 5.56 Å².